The van der Waals surface area contributed by atoms with Gasteiger partial charge in [0.2, 0.25) is 0 Å². The molecule has 0 saturated heterocycles. The van der Waals surface area contributed by atoms with E-state index in [-0.39, 0.29) is 12.2 Å². The van der Waals surface area contributed by atoms with E-state index in [1.54, 1.807) is 0 Å². The molecule has 1 atom stereocenters. The second kappa shape index (κ2) is 9.27. The first-order valence-corrected chi connectivity index (χ1v) is 9.30. The van der Waals surface area contributed by atoms with E-state index >= 15 is 0 Å². The Balaban J connectivity index is 2.35. The van der Waals surface area contributed by atoms with E-state index in [1.807, 2.05) is 5.32 Å². The number of hydrogen-bond donors (Lipinski definition) is 2. The molecule has 0 aliphatic heterocycles. The van der Waals surface area contributed by atoms with Gasteiger partial charge in [0.25, 0.3) is 5.91 Å². The van der Waals surface area contributed by atoms with Crippen LogP contribution < -0.4 is 15.4 Å². The van der Waals surface area contributed by atoms with Crippen LogP contribution in [-0.4, -0.2) is 43.5 Å². The lowest BCUT2D eigenvalue weighted by Gasteiger charge is -2.35. The number of halogens is 3. The van der Waals surface area contributed by atoms with Crippen LogP contribution in [0, 0.1) is 0 Å². The maximum atomic E-state index is 14.1. The van der Waals surface area contributed by atoms with E-state index < -0.39 is 29.8 Å². The Kier molecular flexibility index (Phi) is 7.29. The number of carbonyl (C=O) groups excluding carboxylic acids is 2. The highest BCUT2D eigenvalue weighted by Gasteiger charge is 2.68. The molecule has 1 aliphatic carbocycles. The zero-order chi connectivity index (χ0) is 20.8. The Morgan fingerprint density at radius 3 is 2.25 bits per heavy atom. The largest absolute Gasteiger partial charge is 0.497 e. The van der Waals surface area contributed by atoms with Crippen molar-refractivity contribution in [1.29, 1.82) is 0 Å². The molecule has 1 saturated carbocycles. The van der Waals surface area contributed by atoms with Gasteiger partial charge in [-0.25, -0.2) is 4.79 Å². The van der Waals surface area contributed by atoms with Crippen LogP contribution in [0.15, 0.2) is 24.3 Å². The normalized spacial score (nSPS) is 17.5. The number of ether oxygens (including phenoxy) is 2. The molecule has 6 nitrogen and oxygen atoms in total. The van der Waals surface area contributed by atoms with E-state index in [0.717, 1.165) is 24.6 Å². The van der Waals surface area contributed by atoms with Gasteiger partial charge in [-0.3, -0.25) is 10.1 Å². The van der Waals surface area contributed by atoms with Crippen LogP contribution in [-0.2, 0) is 9.53 Å². The molecule has 1 aliphatic rings. The summed E-state index contributed by atoms with van der Waals surface area (Å²) >= 11 is 0. The molecular weight excluding hydrogens is 377 g/mol. The van der Waals surface area contributed by atoms with Crippen molar-refractivity contribution in [3.63, 3.8) is 0 Å². The molecule has 3 N–H and O–H groups in total. The summed E-state index contributed by atoms with van der Waals surface area (Å²) in [5, 5.41) is 2.84. The molecule has 0 unspecified atom stereocenters. The van der Waals surface area contributed by atoms with Crippen LogP contribution in [0.5, 0.6) is 5.75 Å². The summed E-state index contributed by atoms with van der Waals surface area (Å²) < 4.78 is 52.1. The number of benzene rings is 1. The van der Waals surface area contributed by atoms with Gasteiger partial charge < -0.3 is 14.8 Å². The minimum atomic E-state index is -5.04. The number of nitrogens with two attached hydrogens (primary N) is 1. The molecule has 2 rings (SSSR count). The molecule has 1 aromatic rings. The third-order valence-corrected chi connectivity index (χ3v) is 4.84. The fourth-order valence-corrected chi connectivity index (χ4v) is 3.33. The standard InChI is InChI=1S/C19H25F3N2O4/c1-3-28-17(26)18(19(20,21)22,23-14-7-5-4-6-8-14)24-16(25)13-9-11-15(27-2)12-10-13/h9-12,14,23H,3-8H2,1-2H3,(H,24,25)/p+1/t18-/m0/s1. The maximum Gasteiger partial charge on any atom is 0.478 e. The average molecular weight is 403 g/mol. The first-order chi connectivity index (χ1) is 13.2. The lowest BCUT2D eigenvalue weighted by Crippen LogP contribution is -3.10. The predicted octanol–water partition coefficient (Wildman–Crippen LogP) is 2.14. The molecule has 0 aromatic heterocycles. The lowest BCUT2D eigenvalue weighted by atomic mass is 9.93. The highest BCUT2D eigenvalue weighted by atomic mass is 19.4. The molecule has 0 bridgehead atoms. The highest BCUT2D eigenvalue weighted by Crippen LogP contribution is 2.28. The summed E-state index contributed by atoms with van der Waals surface area (Å²) in [6.07, 6.45) is -1.46. The van der Waals surface area contributed by atoms with Crippen molar-refractivity contribution in [2.45, 2.75) is 56.9 Å². The van der Waals surface area contributed by atoms with E-state index in [4.69, 9.17) is 9.47 Å². The van der Waals surface area contributed by atoms with Gasteiger partial charge in [-0.15, -0.1) is 0 Å². The topological polar surface area (TPSA) is 81.2 Å². The predicted molar refractivity (Wildman–Crippen MR) is 94.7 cm³/mol. The van der Waals surface area contributed by atoms with Crippen LogP contribution in [0.3, 0.4) is 0 Å². The number of amides is 1. The first-order valence-electron chi connectivity index (χ1n) is 9.30. The Labute approximate surface area is 161 Å². The third kappa shape index (κ3) is 4.95. The number of hydrogen-bond acceptors (Lipinski definition) is 4. The zero-order valence-corrected chi connectivity index (χ0v) is 16.0. The number of methoxy groups -OCH3 is 1. The van der Waals surface area contributed by atoms with Gasteiger partial charge in [-0.1, -0.05) is 6.42 Å². The number of quaternary nitrogens is 1. The van der Waals surface area contributed by atoms with Gasteiger partial charge in [0, 0.05) is 5.56 Å². The molecule has 0 heterocycles. The number of alkyl halides is 3. The van der Waals surface area contributed by atoms with Crippen molar-refractivity contribution in [3.05, 3.63) is 29.8 Å². The Bertz CT molecular complexity index is 673. The average Bonchev–Trinajstić information content (AvgIpc) is 2.67. The fraction of sp³-hybridized carbons (Fsp3) is 0.579. The summed E-state index contributed by atoms with van der Waals surface area (Å²) in [4.78, 5) is 25.0. The molecule has 0 radical (unpaired) electrons. The SMILES string of the molecule is CCOC(=O)[C@@](NC(=O)c1ccc(OC)cc1)([NH2+]C1CCCCC1)C(F)(F)F. The summed E-state index contributed by atoms with van der Waals surface area (Å²) in [5.41, 5.74) is -3.21. The number of nitrogens with one attached hydrogen (secondary N) is 1. The Hall–Kier alpha value is -2.29. The smallest absolute Gasteiger partial charge is 0.478 e. The molecule has 1 amide bonds. The maximum absolute atomic E-state index is 14.1. The summed E-state index contributed by atoms with van der Waals surface area (Å²) in [7, 11) is 1.43. The van der Waals surface area contributed by atoms with Gasteiger partial charge in [0.15, 0.2) is 0 Å². The van der Waals surface area contributed by atoms with Crippen molar-refractivity contribution in [2.24, 2.45) is 0 Å². The molecule has 156 valence electrons. The van der Waals surface area contributed by atoms with E-state index in [1.165, 1.54) is 38.3 Å². The summed E-state index contributed by atoms with van der Waals surface area (Å²) in [5.74, 6) is -2.08. The third-order valence-electron chi connectivity index (χ3n) is 4.84. The van der Waals surface area contributed by atoms with Crippen molar-refractivity contribution >= 4 is 11.9 Å². The number of carbonyl (C=O) groups is 2. The van der Waals surface area contributed by atoms with Gasteiger partial charge in [0.05, 0.1) is 19.8 Å². The number of rotatable bonds is 7. The monoisotopic (exact) mass is 403 g/mol. The van der Waals surface area contributed by atoms with Gasteiger partial charge in [-0.05, 0) is 56.9 Å². The second-order valence-corrected chi connectivity index (χ2v) is 6.77. The Morgan fingerprint density at radius 2 is 1.75 bits per heavy atom. The minimum Gasteiger partial charge on any atom is -0.497 e. The second-order valence-electron chi connectivity index (χ2n) is 6.77. The van der Waals surface area contributed by atoms with Crippen molar-refractivity contribution in [3.8, 4) is 5.75 Å². The van der Waals surface area contributed by atoms with E-state index in [2.05, 4.69) is 0 Å². The molecule has 0 spiro atoms. The Morgan fingerprint density at radius 1 is 1.14 bits per heavy atom. The van der Waals surface area contributed by atoms with Crippen LogP contribution in [0.1, 0.15) is 49.4 Å². The van der Waals surface area contributed by atoms with Crippen molar-refractivity contribution in [2.75, 3.05) is 13.7 Å². The lowest BCUT2D eigenvalue weighted by molar-refractivity contribution is -0.772. The summed E-state index contributed by atoms with van der Waals surface area (Å²) in [6, 6.07) is 5.15. The van der Waals surface area contributed by atoms with E-state index in [9.17, 15) is 22.8 Å². The number of esters is 1. The molecule has 28 heavy (non-hydrogen) atoms. The molecular formula is C19H26F3N2O4+. The molecule has 1 fully saturated rings. The van der Waals surface area contributed by atoms with Crippen LogP contribution in [0.2, 0.25) is 0 Å². The van der Waals surface area contributed by atoms with Crippen molar-refractivity contribution in [1.82, 2.24) is 5.32 Å². The van der Waals surface area contributed by atoms with Crippen LogP contribution in [0.4, 0.5) is 13.2 Å². The molecule has 1 aromatic carbocycles. The quantitative estimate of drug-likeness (QED) is 0.540. The van der Waals surface area contributed by atoms with E-state index in [0.29, 0.717) is 18.6 Å². The zero-order valence-electron chi connectivity index (χ0n) is 16.0. The van der Waals surface area contributed by atoms with Crippen molar-refractivity contribution < 1.29 is 37.6 Å². The van der Waals surface area contributed by atoms with Gasteiger partial charge >= 0.3 is 17.8 Å². The van der Waals surface area contributed by atoms with Crippen LogP contribution >= 0.6 is 0 Å². The first kappa shape index (κ1) is 22.0. The fourth-order valence-electron chi connectivity index (χ4n) is 3.33. The van der Waals surface area contributed by atoms with Crippen LogP contribution in [0.25, 0.3) is 0 Å². The minimum absolute atomic E-state index is 0.0178. The van der Waals surface area contributed by atoms with Gasteiger partial charge in [-0.2, -0.15) is 13.2 Å². The molecule has 9 heteroatoms. The summed E-state index contributed by atoms with van der Waals surface area (Å²) in [6.45, 7) is 1.19. The van der Waals surface area contributed by atoms with Gasteiger partial charge in [0.1, 0.15) is 5.75 Å². The highest BCUT2D eigenvalue weighted by molar-refractivity contribution is 5.97.